The smallest absolute Gasteiger partial charge is 0.335 e. The highest BCUT2D eigenvalue weighted by atomic mass is 16.4. The third kappa shape index (κ3) is 3.88. The molecule has 5 heteroatoms. The highest BCUT2D eigenvalue weighted by molar-refractivity contribution is 5.87. The van der Waals surface area contributed by atoms with Crippen LogP contribution in [0.25, 0.3) is 0 Å². The number of aliphatic carboxylic acids is 1. The highest BCUT2D eigenvalue weighted by Gasteiger charge is 2.13. The van der Waals surface area contributed by atoms with Crippen LogP contribution in [0.4, 0.5) is 0 Å². The van der Waals surface area contributed by atoms with Crippen LogP contribution >= 0.6 is 0 Å². The number of carbonyl (C=O) groups is 2. The van der Waals surface area contributed by atoms with Crippen LogP contribution < -0.4 is 5.32 Å². The third-order valence-electron chi connectivity index (χ3n) is 2.43. The van der Waals surface area contributed by atoms with Gasteiger partial charge < -0.3 is 15.5 Å². The Morgan fingerprint density at radius 1 is 1.35 bits per heavy atom. The average Bonchev–Trinajstić information content (AvgIpc) is 2.29. The molecule has 0 aliphatic carbocycles. The largest absolute Gasteiger partial charge is 0.480 e. The van der Waals surface area contributed by atoms with Crippen LogP contribution in [0.15, 0.2) is 24.3 Å². The number of hydrogen-bond acceptors (Lipinski definition) is 3. The van der Waals surface area contributed by atoms with Crippen LogP contribution in [0.2, 0.25) is 0 Å². The monoisotopic (exact) mass is 237 g/mol. The first-order valence-electron chi connectivity index (χ1n) is 5.33. The van der Waals surface area contributed by atoms with E-state index in [2.05, 4.69) is 5.32 Å². The summed E-state index contributed by atoms with van der Waals surface area (Å²) in [5, 5.41) is 20.5. The molecule has 0 fully saturated rings. The van der Waals surface area contributed by atoms with Crippen LogP contribution in [0.3, 0.4) is 0 Å². The minimum Gasteiger partial charge on any atom is -0.480 e. The fourth-order valence-electron chi connectivity index (χ4n) is 1.46. The zero-order chi connectivity index (χ0) is 12.8. The van der Waals surface area contributed by atoms with Gasteiger partial charge in [-0.25, -0.2) is 4.79 Å². The van der Waals surface area contributed by atoms with E-state index in [1.165, 1.54) is 12.1 Å². The maximum atomic E-state index is 10.8. The Labute approximate surface area is 99.1 Å². The summed E-state index contributed by atoms with van der Waals surface area (Å²) in [5.41, 5.74) is 0.956. The second-order valence-corrected chi connectivity index (χ2v) is 3.69. The van der Waals surface area contributed by atoms with Gasteiger partial charge in [-0.2, -0.15) is 0 Å². The van der Waals surface area contributed by atoms with Crippen molar-refractivity contribution in [3.8, 4) is 0 Å². The first-order valence-corrected chi connectivity index (χ1v) is 5.33. The first-order chi connectivity index (χ1) is 8.04. The van der Waals surface area contributed by atoms with E-state index in [0.29, 0.717) is 13.0 Å². The van der Waals surface area contributed by atoms with Crippen LogP contribution in [0.5, 0.6) is 0 Å². The minimum atomic E-state index is -0.989. The van der Waals surface area contributed by atoms with Gasteiger partial charge in [-0.05, 0) is 24.1 Å². The van der Waals surface area contributed by atoms with Crippen molar-refractivity contribution in [3.63, 3.8) is 0 Å². The van der Waals surface area contributed by atoms with E-state index in [1.54, 1.807) is 19.1 Å². The van der Waals surface area contributed by atoms with E-state index < -0.39 is 18.0 Å². The van der Waals surface area contributed by atoms with Crippen molar-refractivity contribution >= 4 is 11.9 Å². The third-order valence-corrected chi connectivity index (χ3v) is 2.43. The topological polar surface area (TPSA) is 86.6 Å². The molecule has 0 radical (unpaired) electrons. The standard InChI is InChI=1S/C12H15NO4/c1-2-10(12(16)17)13-7-8-4-3-5-9(6-8)11(14)15/h3-6,10,13H,2,7H2,1H3,(H,14,15)(H,16,17). The number of carboxylic acid groups (broad SMARTS) is 2. The lowest BCUT2D eigenvalue weighted by Gasteiger charge is -2.12. The molecule has 0 aliphatic rings. The summed E-state index contributed by atoms with van der Waals surface area (Å²) >= 11 is 0. The van der Waals surface area contributed by atoms with Gasteiger partial charge in [-0.3, -0.25) is 4.79 Å². The predicted molar refractivity (Wildman–Crippen MR) is 62.0 cm³/mol. The summed E-state index contributed by atoms with van der Waals surface area (Å²) in [7, 11) is 0. The Morgan fingerprint density at radius 2 is 2.06 bits per heavy atom. The van der Waals surface area contributed by atoms with E-state index >= 15 is 0 Å². The molecule has 0 aromatic heterocycles. The van der Waals surface area contributed by atoms with Crippen molar-refractivity contribution < 1.29 is 19.8 Å². The van der Waals surface area contributed by atoms with E-state index in [4.69, 9.17) is 10.2 Å². The number of hydrogen-bond donors (Lipinski definition) is 3. The Bertz CT molecular complexity index is 417. The molecule has 0 aliphatic heterocycles. The summed E-state index contributed by atoms with van der Waals surface area (Å²) in [5.74, 6) is -1.89. The van der Waals surface area contributed by atoms with Gasteiger partial charge in [-0.1, -0.05) is 19.1 Å². The maximum Gasteiger partial charge on any atom is 0.335 e. The van der Waals surface area contributed by atoms with Crippen LogP contribution in [-0.2, 0) is 11.3 Å². The van der Waals surface area contributed by atoms with Crippen molar-refractivity contribution in [3.05, 3.63) is 35.4 Å². The fourth-order valence-corrected chi connectivity index (χ4v) is 1.46. The Kier molecular flexibility index (Phi) is 4.66. The molecule has 0 heterocycles. The van der Waals surface area contributed by atoms with Crippen molar-refractivity contribution in [1.82, 2.24) is 5.32 Å². The fraction of sp³-hybridized carbons (Fsp3) is 0.333. The second kappa shape index (κ2) is 6.00. The molecule has 3 N–H and O–H groups in total. The molecule has 0 amide bonds. The van der Waals surface area contributed by atoms with Crippen molar-refractivity contribution in [2.45, 2.75) is 25.9 Å². The molecule has 1 rings (SSSR count). The number of carboxylic acids is 2. The van der Waals surface area contributed by atoms with Crippen molar-refractivity contribution in [2.75, 3.05) is 0 Å². The van der Waals surface area contributed by atoms with Crippen molar-refractivity contribution in [1.29, 1.82) is 0 Å². The summed E-state index contributed by atoms with van der Waals surface area (Å²) in [6, 6.07) is 5.82. The molecule has 1 atom stereocenters. The van der Waals surface area contributed by atoms with Gasteiger partial charge in [0.1, 0.15) is 6.04 Å². The highest BCUT2D eigenvalue weighted by Crippen LogP contribution is 2.06. The van der Waals surface area contributed by atoms with Gasteiger partial charge in [0.25, 0.3) is 0 Å². The second-order valence-electron chi connectivity index (χ2n) is 3.69. The first kappa shape index (κ1) is 13.2. The number of aromatic carboxylic acids is 1. The van der Waals surface area contributed by atoms with Gasteiger partial charge in [0.15, 0.2) is 0 Å². The van der Waals surface area contributed by atoms with Crippen LogP contribution in [-0.4, -0.2) is 28.2 Å². The Hall–Kier alpha value is -1.88. The molecule has 1 aromatic rings. The summed E-state index contributed by atoms with van der Waals surface area (Å²) in [6.45, 7) is 2.12. The summed E-state index contributed by atoms with van der Waals surface area (Å²) < 4.78 is 0. The lowest BCUT2D eigenvalue weighted by Crippen LogP contribution is -2.35. The molecular formula is C12H15NO4. The van der Waals surface area contributed by atoms with E-state index in [-0.39, 0.29) is 5.56 Å². The molecule has 1 aromatic carbocycles. The van der Waals surface area contributed by atoms with Crippen LogP contribution in [0, 0.1) is 0 Å². The average molecular weight is 237 g/mol. The summed E-state index contributed by atoms with van der Waals surface area (Å²) in [6.07, 6.45) is 0.480. The number of nitrogens with one attached hydrogen (secondary N) is 1. The molecule has 5 nitrogen and oxygen atoms in total. The molecular weight excluding hydrogens is 222 g/mol. The molecule has 0 saturated carbocycles. The minimum absolute atomic E-state index is 0.202. The quantitative estimate of drug-likeness (QED) is 0.695. The zero-order valence-corrected chi connectivity index (χ0v) is 9.51. The normalized spacial score (nSPS) is 12.1. The maximum absolute atomic E-state index is 10.8. The summed E-state index contributed by atoms with van der Waals surface area (Å²) in [4.78, 5) is 21.5. The molecule has 0 saturated heterocycles. The van der Waals surface area contributed by atoms with E-state index in [9.17, 15) is 9.59 Å². The van der Waals surface area contributed by atoms with Gasteiger partial charge in [0.05, 0.1) is 5.56 Å². The van der Waals surface area contributed by atoms with Gasteiger partial charge in [0, 0.05) is 6.54 Å². The van der Waals surface area contributed by atoms with Gasteiger partial charge in [0.2, 0.25) is 0 Å². The molecule has 1 unspecified atom stereocenters. The van der Waals surface area contributed by atoms with Crippen molar-refractivity contribution in [2.24, 2.45) is 0 Å². The SMILES string of the molecule is CCC(NCc1cccc(C(=O)O)c1)C(=O)O. The number of benzene rings is 1. The number of rotatable bonds is 6. The molecule has 0 bridgehead atoms. The lowest BCUT2D eigenvalue weighted by atomic mass is 10.1. The predicted octanol–water partition coefficient (Wildman–Crippen LogP) is 1.34. The van der Waals surface area contributed by atoms with E-state index in [0.717, 1.165) is 5.56 Å². The van der Waals surface area contributed by atoms with Crippen LogP contribution in [0.1, 0.15) is 29.3 Å². The lowest BCUT2D eigenvalue weighted by molar-refractivity contribution is -0.139. The van der Waals surface area contributed by atoms with Gasteiger partial charge in [-0.15, -0.1) is 0 Å². The zero-order valence-electron chi connectivity index (χ0n) is 9.51. The molecule has 17 heavy (non-hydrogen) atoms. The van der Waals surface area contributed by atoms with Gasteiger partial charge >= 0.3 is 11.9 Å². The molecule has 92 valence electrons. The Balaban J connectivity index is 2.66. The molecule has 0 spiro atoms. The Morgan fingerprint density at radius 3 is 2.59 bits per heavy atom. The van der Waals surface area contributed by atoms with E-state index in [1.807, 2.05) is 0 Å².